The molecule has 1 fully saturated rings. The fraction of sp³-hybridized carbons (Fsp3) is 0.278. The standard InChI is InChI=1S/C18H15N3O6/c1-9-19-10(7-26-9)8-27-11-2-3-12-13(6-11)18(25)21(17(12)24)14-4-5-15(22)20-16(14)23/h2-3,6-7,14H,4-5,8H2,1H3,(H,20,22,23). The SMILES string of the molecule is Cc1nc(COc2ccc3c(c2)C(=O)N(C2CCC(=O)NC2=O)C3=O)co1. The molecule has 0 aliphatic carbocycles. The molecule has 0 radical (unpaired) electrons. The molecule has 2 aliphatic rings. The van der Waals surface area contributed by atoms with Crippen LogP contribution < -0.4 is 10.1 Å². The quantitative estimate of drug-likeness (QED) is 0.797. The van der Waals surface area contributed by atoms with E-state index in [2.05, 4.69) is 10.3 Å². The Morgan fingerprint density at radius 1 is 1.22 bits per heavy atom. The van der Waals surface area contributed by atoms with Crippen molar-refractivity contribution in [1.29, 1.82) is 0 Å². The lowest BCUT2D eigenvalue weighted by molar-refractivity contribution is -0.136. The fourth-order valence-corrected chi connectivity index (χ4v) is 3.17. The van der Waals surface area contributed by atoms with Gasteiger partial charge in [-0.15, -0.1) is 0 Å². The van der Waals surface area contributed by atoms with E-state index in [1.165, 1.54) is 18.4 Å². The lowest BCUT2D eigenvalue weighted by atomic mass is 10.0. The van der Waals surface area contributed by atoms with Gasteiger partial charge in [0.1, 0.15) is 30.4 Å². The second-order valence-electron chi connectivity index (χ2n) is 6.30. The van der Waals surface area contributed by atoms with Gasteiger partial charge in [0.25, 0.3) is 11.8 Å². The van der Waals surface area contributed by atoms with Crippen molar-refractivity contribution in [2.75, 3.05) is 0 Å². The van der Waals surface area contributed by atoms with Crippen LogP contribution >= 0.6 is 0 Å². The topological polar surface area (TPSA) is 119 Å². The van der Waals surface area contributed by atoms with Crippen LogP contribution in [-0.2, 0) is 16.2 Å². The lowest BCUT2D eigenvalue weighted by Crippen LogP contribution is -2.54. The molecule has 1 unspecified atom stereocenters. The molecule has 0 bridgehead atoms. The van der Waals surface area contributed by atoms with Crippen molar-refractivity contribution in [3.8, 4) is 5.75 Å². The number of carbonyl (C=O) groups excluding carboxylic acids is 4. The molecule has 9 nitrogen and oxygen atoms in total. The number of hydrogen-bond acceptors (Lipinski definition) is 7. The summed E-state index contributed by atoms with van der Waals surface area (Å²) in [6.45, 7) is 1.86. The number of nitrogens with zero attached hydrogens (tertiary/aromatic N) is 2. The molecule has 4 rings (SSSR count). The third-order valence-corrected chi connectivity index (χ3v) is 4.46. The maximum absolute atomic E-state index is 12.7. The summed E-state index contributed by atoms with van der Waals surface area (Å²) in [5.74, 6) is -1.27. The molecule has 2 aromatic rings. The summed E-state index contributed by atoms with van der Waals surface area (Å²) in [4.78, 5) is 53.7. The summed E-state index contributed by atoms with van der Waals surface area (Å²) < 4.78 is 10.7. The monoisotopic (exact) mass is 369 g/mol. The predicted octanol–water partition coefficient (Wildman–Crippen LogP) is 0.963. The highest BCUT2D eigenvalue weighted by atomic mass is 16.5. The van der Waals surface area contributed by atoms with Gasteiger partial charge in [0.15, 0.2) is 5.89 Å². The Hall–Kier alpha value is -3.49. The molecule has 0 spiro atoms. The van der Waals surface area contributed by atoms with E-state index >= 15 is 0 Å². The predicted molar refractivity (Wildman–Crippen MR) is 88.7 cm³/mol. The number of benzene rings is 1. The summed E-state index contributed by atoms with van der Waals surface area (Å²) in [5, 5.41) is 2.16. The third kappa shape index (κ3) is 2.97. The van der Waals surface area contributed by atoms with E-state index in [1.54, 1.807) is 13.0 Å². The molecule has 1 atom stereocenters. The number of aryl methyl sites for hydroxylation is 1. The number of imide groups is 2. The van der Waals surface area contributed by atoms with Crippen molar-refractivity contribution in [2.45, 2.75) is 32.4 Å². The number of hydrogen-bond donors (Lipinski definition) is 1. The number of amides is 4. The average Bonchev–Trinajstić information content (AvgIpc) is 3.16. The third-order valence-electron chi connectivity index (χ3n) is 4.46. The Morgan fingerprint density at radius 2 is 2.00 bits per heavy atom. The highest BCUT2D eigenvalue weighted by molar-refractivity contribution is 6.23. The maximum Gasteiger partial charge on any atom is 0.262 e. The van der Waals surface area contributed by atoms with Crippen LogP contribution in [0.2, 0.25) is 0 Å². The number of rotatable bonds is 4. The van der Waals surface area contributed by atoms with Gasteiger partial charge in [-0.3, -0.25) is 29.4 Å². The molecule has 138 valence electrons. The zero-order valence-corrected chi connectivity index (χ0v) is 14.4. The molecular formula is C18H15N3O6. The van der Waals surface area contributed by atoms with E-state index in [9.17, 15) is 19.2 Å². The minimum atomic E-state index is -0.988. The first-order chi connectivity index (χ1) is 12.9. The highest BCUT2D eigenvalue weighted by Gasteiger charge is 2.44. The van der Waals surface area contributed by atoms with E-state index < -0.39 is 29.7 Å². The van der Waals surface area contributed by atoms with Crippen molar-refractivity contribution >= 4 is 23.6 Å². The minimum Gasteiger partial charge on any atom is -0.487 e. The number of aromatic nitrogens is 1. The minimum absolute atomic E-state index is 0.0787. The molecule has 4 amide bonds. The van der Waals surface area contributed by atoms with Crippen molar-refractivity contribution in [3.63, 3.8) is 0 Å². The molecule has 9 heteroatoms. The lowest BCUT2D eigenvalue weighted by Gasteiger charge is -2.27. The highest BCUT2D eigenvalue weighted by Crippen LogP contribution is 2.30. The molecule has 1 aromatic heterocycles. The molecule has 1 N–H and O–H groups in total. The molecule has 27 heavy (non-hydrogen) atoms. The van der Waals surface area contributed by atoms with Gasteiger partial charge in [-0.25, -0.2) is 4.98 Å². The van der Waals surface area contributed by atoms with Gasteiger partial charge < -0.3 is 9.15 Å². The van der Waals surface area contributed by atoms with Gasteiger partial charge in [0, 0.05) is 13.3 Å². The van der Waals surface area contributed by atoms with Crippen LogP contribution in [0.3, 0.4) is 0 Å². The Balaban J connectivity index is 1.54. The number of piperidine rings is 1. The summed E-state index contributed by atoms with van der Waals surface area (Å²) in [6.07, 6.45) is 1.67. The first-order valence-electron chi connectivity index (χ1n) is 8.33. The number of nitrogens with one attached hydrogen (secondary N) is 1. The van der Waals surface area contributed by atoms with Gasteiger partial charge in [0.2, 0.25) is 11.8 Å². The molecule has 1 saturated heterocycles. The van der Waals surface area contributed by atoms with E-state index in [4.69, 9.17) is 9.15 Å². The largest absolute Gasteiger partial charge is 0.487 e. The Bertz CT molecular complexity index is 979. The van der Waals surface area contributed by atoms with Gasteiger partial charge in [-0.1, -0.05) is 0 Å². The van der Waals surface area contributed by atoms with Crippen molar-refractivity contribution in [3.05, 3.63) is 47.2 Å². The number of carbonyl (C=O) groups is 4. The van der Waals surface area contributed by atoms with E-state index in [0.717, 1.165) is 4.90 Å². The zero-order chi connectivity index (χ0) is 19.1. The first-order valence-corrected chi connectivity index (χ1v) is 8.33. The van der Waals surface area contributed by atoms with E-state index in [-0.39, 0.29) is 30.6 Å². The first kappa shape index (κ1) is 17.0. The average molecular weight is 369 g/mol. The second kappa shape index (κ2) is 6.35. The Labute approximate surface area is 153 Å². The van der Waals surface area contributed by atoms with Crippen LogP contribution in [0.5, 0.6) is 5.75 Å². The normalized spacial score (nSPS) is 19.3. The molecule has 2 aliphatic heterocycles. The van der Waals surface area contributed by atoms with Crippen LogP contribution in [0.25, 0.3) is 0 Å². The van der Waals surface area contributed by atoms with Crippen molar-refractivity contribution in [1.82, 2.24) is 15.2 Å². The molecule has 1 aromatic carbocycles. The van der Waals surface area contributed by atoms with Crippen LogP contribution in [0.15, 0.2) is 28.9 Å². The van der Waals surface area contributed by atoms with Crippen LogP contribution in [0.1, 0.15) is 45.1 Å². The van der Waals surface area contributed by atoms with Crippen LogP contribution in [0.4, 0.5) is 0 Å². The number of oxazole rings is 1. The van der Waals surface area contributed by atoms with Gasteiger partial charge >= 0.3 is 0 Å². The van der Waals surface area contributed by atoms with Crippen molar-refractivity contribution in [2.24, 2.45) is 0 Å². The fourth-order valence-electron chi connectivity index (χ4n) is 3.17. The van der Waals surface area contributed by atoms with Crippen molar-refractivity contribution < 1.29 is 28.3 Å². The van der Waals surface area contributed by atoms with E-state index in [0.29, 0.717) is 17.3 Å². The smallest absolute Gasteiger partial charge is 0.262 e. The Kier molecular flexibility index (Phi) is 3.98. The maximum atomic E-state index is 12.7. The molecular weight excluding hydrogens is 354 g/mol. The zero-order valence-electron chi connectivity index (χ0n) is 14.4. The second-order valence-corrected chi connectivity index (χ2v) is 6.30. The molecule has 3 heterocycles. The number of ether oxygens (including phenoxy) is 1. The summed E-state index contributed by atoms with van der Waals surface area (Å²) in [6, 6.07) is 3.54. The van der Waals surface area contributed by atoms with Gasteiger partial charge in [0.05, 0.1) is 11.1 Å². The van der Waals surface area contributed by atoms with E-state index in [1.807, 2.05) is 0 Å². The Morgan fingerprint density at radius 3 is 2.70 bits per heavy atom. The van der Waals surface area contributed by atoms with Crippen LogP contribution in [-0.4, -0.2) is 39.6 Å². The number of fused-ring (bicyclic) bond motifs is 1. The summed E-state index contributed by atoms with van der Waals surface area (Å²) in [7, 11) is 0. The molecule has 0 saturated carbocycles. The summed E-state index contributed by atoms with van der Waals surface area (Å²) >= 11 is 0. The van der Waals surface area contributed by atoms with Crippen LogP contribution in [0, 0.1) is 6.92 Å². The van der Waals surface area contributed by atoms with Gasteiger partial charge in [-0.2, -0.15) is 0 Å². The summed E-state index contributed by atoms with van der Waals surface area (Å²) in [5.41, 5.74) is 0.966. The van der Waals surface area contributed by atoms with Gasteiger partial charge in [-0.05, 0) is 24.6 Å².